The molecule has 1 saturated carbocycles. The SMILES string of the molecule is CC[C@@H]1CC[C@]2(O)OC[C@H]3C(=O)[C@]2(O)[C@@H]1O[C@@H]3O. The van der Waals surface area contributed by atoms with Crippen molar-refractivity contribution >= 4 is 5.78 Å². The number of fused-ring (bicyclic) bond motifs is 1. The monoisotopic (exact) mass is 258 g/mol. The summed E-state index contributed by atoms with van der Waals surface area (Å²) in [6.07, 6.45) is -0.672. The van der Waals surface area contributed by atoms with Crippen LogP contribution in [0.5, 0.6) is 0 Å². The number of rotatable bonds is 1. The average molecular weight is 258 g/mol. The van der Waals surface area contributed by atoms with E-state index in [1.807, 2.05) is 6.92 Å². The maximum Gasteiger partial charge on any atom is 0.204 e. The number of hydrogen-bond acceptors (Lipinski definition) is 6. The van der Waals surface area contributed by atoms with E-state index < -0.39 is 35.5 Å². The van der Waals surface area contributed by atoms with Crippen LogP contribution in [-0.2, 0) is 14.3 Å². The molecule has 0 amide bonds. The van der Waals surface area contributed by atoms with E-state index in [1.165, 1.54) is 0 Å². The molecule has 6 nitrogen and oxygen atoms in total. The van der Waals surface area contributed by atoms with Crippen LogP contribution < -0.4 is 0 Å². The van der Waals surface area contributed by atoms with E-state index in [-0.39, 0.29) is 18.9 Å². The highest BCUT2D eigenvalue weighted by Gasteiger charge is 2.72. The first kappa shape index (κ1) is 12.5. The van der Waals surface area contributed by atoms with Gasteiger partial charge in [-0.1, -0.05) is 13.3 Å². The van der Waals surface area contributed by atoms with Crippen LogP contribution in [-0.4, -0.2) is 51.5 Å². The molecule has 18 heavy (non-hydrogen) atoms. The van der Waals surface area contributed by atoms with E-state index in [9.17, 15) is 20.1 Å². The Hall–Kier alpha value is -0.530. The smallest absolute Gasteiger partial charge is 0.204 e. The molecule has 6 heteroatoms. The average Bonchev–Trinajstić information content (AvgIpc) is 2.33. The van der Waals surface area contributed by atoms with Gasteiger partial charge >= 0.3 is 0 Å². The second-order valence-electron chi connectivity index (χ2n) is 5.49. The first-order valence-corrected chi connectivity index (χ1v) is 6.40. The third kappa shape index (κ3) is 1.27. The van der Waals surface area contributed by atoms with Crippen LogP contribution in [0.3, 0.4) is 0 Å². The molecule has 0 unspecified atom stereocenters. The summed E-state index contributed by atoms with van der Waals surface area (Å²) >= 11 is 0. The number of carbonyl (C=O) groups is 1. The number of ether oxygens (including phenoxy) is 2. The minimum absolute atomic E-state index is 0.0727. The fourth-order valence-corrected chi connectivity index (χ4v) is 3.47. The molecule has 0 aromatic carbocycles. The number of aliphatic hydroxyl groups is 3. The fourth-order valence-electron chi connectivity index (χ4n) is 3.47. The lowest BCUT2D eigenvalue weighted by atomic mass is 9.63. The van der Waals surface area contributed by atoms with Gasteiger partial charge in [-0.3, -0.25) is 4.79 Å². The number of hydrogen-bond donors (Lipinski definition) is 3. The number of ketones is 1. The van der Waals surface area contributed by atoms with E-state index in [4.69, 9.17) is 9.47 Å². The number of Topliss-reactive ketones (excluding diaryl/α,β-unsaturated/α-hetero) is 1. The minimum Gasteiger partial charge on any atom is -0.375 e. The Morgan fingerprint density at radius 3 is 2.83 bits per heavy atom. The highest BCUT2D eigenvalue weighted by Crippen LogP contribution is 2.51. The molecule has 3 rings (SSSR count). The van der Waals surface area contributed by atoms with Crippen LogP contribution in [0, 0.1) is 11.8 Å². The minimum atomic E-state index is -2.05. The summed E-state index contributed by atoms with van der Waals surface area (Å²) in [5.41, 5.74) is -2.05. The summed E-state index contributed by atoms with van der Waals surface area (Å²) < 4.78 is 10.7. The molecule has 2 heterocycles. The van der Waals surface area contributed by atoms with Crippen LogP contribution in [0.15, 0.2) is 0 Å². The Bertz CT molecular complexity index is 381. The molecular weight excluding hydrogens is 240 g/mol. The van der Waals surface area contributed by atoms with E-state index in [0.29, 0.717) is 12.8 Å². The van der Waals surface area contributed by atoms with E-state index >= 15 is 0 Å². The molecule has 2 saturated heterocycles. The summed E-state index contributed by atoms with van der Waals surface area (Å²) in [6, 6.07) is 0. The number of carbonyl (C=O) groups excluding carboxylic acids is 1. The predicted molar refractivity (Wildman–Crippen MR) is 58.2 cm³/mol. The van der Waals surface area contributed by atoms with Crippen LogP contribution in [0.25, 0.3) is 0 Å². The molecule has 102 valence electrons. The van der Waals surface area contributed by atoms with Gasteiger partial charge in [0.05, 0.1) is 12.5 Å². The maximum absolute atomic E-state index is 12.3. The topological polar surface area (TPSA) is 96.2 Å². The zero-order valence-electron chi connectivity index (χ0n) is 10.2. The highest BCUT2D eigenvalue weighted by molar-refractivity contribution is 5.93. The zero-order valence-corrected chi connectivity index (χ0v) is 10.2. The van der Waals surface area contributed by atoms with Gasteiger partial charge in [-0.05, 0) is 12.3 Å². The van der Waals surface area contributed by atoms with Crippen molar-refractivity contribution in [1.29, 1.82) is 0 Å². The molecule has 0 aromatic heterocycles. The van der Waals surface area contributed by atoms with Crippen molar-refractivity contribution in [2.45, 2.75) is 50.0 Å². The lowest BCUT2D eigenvalue weighted by Gasteiger charge is -2.59. The van der Waals surface area contributed by atoms with Gasteiger partial charge in [-0.2, -0.15) is 0 Å². The lowest BCUT2D eigenvalue weighted by Crippen LogP contribution is -2.79. The predicted octanol–water partition coefficient (Wildman–Crippen LogP) is -0.841. The van der Waals surface area contributed by atoms with Crippen molar-refractivity contribution in [2.24, 2.45) is 11.8 Å². The molecular formula is C12H18O6. The third-order valence-electron chi connectivity index (χ3n) is 4.66. The molecule has 2 bridgehead atoms. The van der Waals surface area contributed by atoms with Crippen molar-refractivity contribution in [3.63, 3.8) is 0 Å². The largest absolute Gasteiger partial charge is 0.375 e. The molecule has 6 atom stereocenters. The van der Waals surface area contributed by atoms with E-state index in [1.54, 1.807) is 0 Å². The summed E-state index contributed by atoms with van der Waals surface area (Å²) in [7, 11) is 0. The summed E-state index contributed by atoms with van der Waals surface area (Å²) in [6.45, 7) is 1.80. The third-order valence-corrected chi connectivity index (χ3v) is 4.66. The van der Waals surface area contributed by atoms with Gasteiger partial charge in [0.25, 0.3) is 0 Å². The molecule has 2 aliphatic heterocycles. The van der Waals surface area contributed by atoms with Gasteiger partial charge < -0.3 is 24.8 Å². The van der Waals surface area contributed by atoms with Gasteiger partial charge in [0.1, 0.15) is 6.10 Å². The van der Waals surface area contributed by atoms with Crippen molar-refractivity contribution in [2.75, 3.05) is 6.61 Å². The van der Waals surface area contributed by atoms with Crippen molar-refractivity contribution in [1.82, 2.24) is 0 Å². The standard InChI is InChI=1S/C12H18O6/c1-2-6-3-4-11(15)12(16)8(13)7(5-17-11)10(14)18-9(6)12/h6-7,9-10,14-16H,2-5H2,1H3/t6-,7+,9-,10+,11+,12+/m1/s1. The lowest BCUT2D eigenvalue weighted by molar-refractivity contribution is -0.394. The van der Waals surface area contributed by atoms with Crippen molar-refractivity contribution in [3.8, 4) is 0 Å². The second kappa shape index (κ2) is 3.74. The molecule has 0 spiro atoms. The van der Waals surface area contributed by atoms with Crippen LogP contribution in [0.2, 0.25) is 0 Å². The van der Waals surface area contributed by atoms with Gasteiger partial charge in [-0.15, -0.1) is 0 Å². The maximum atomic E-state index is 12.3. The summed E-state index contributed by atoms with van der Waals surface area (Å²) in [5.74, 6) is -3.42. The summed E-state index contributed by atoms with van der Waals surface area (Å²) in [5, 5.41) is 30.9. The van der Waals surface area contributed by atoms with Gasteiger partial charge in [0, 0.05) is 6.42 Å². The Balaban J connectivity index is 2.08. The van der Waals surface area contributed by atoms with Crippen LogP contribution >= 0.6 is 0 Å². The van der Waals surface area contributed by atoms with Crippen LogP contribution in [0.4, 0.5) is 0 Å². The Kier molecular flexibility index (Phi) is 2.60. The molecule has 1 aliphatic carbocycles. The molecule has 0 radical (unpaired) electrons. The van der Waals surface area contributed by atoms with E-state index in [2.05, 4.69) is 0 Å². The normalized spacial score (nSPS) is 55.4. The zero-order chi connectivity index (χ0) is 13.1. The molecule has 3 fully saturated rings. The highest BCUT2D eigenvalue weighted by atomic mass is 16.7. The van der Waals surface area contributed by atoms with Crippen LogP contribution in [0.1, 0.15) is 26.2 Å². The fraction of sp³-hybridized carbons (Fsp3) is 0.917. The van der Waals surface area contributed by atoms with Crippen molar-refractivity contribution < 1.29 is 29.6 Å². The quantitative estimate of drug-likeness (QED) is 0.567. The van der Waals surface area contributed by atoms with Gasteiger partial charge in [-0.25, -0.2) is 0 Å². The Labute approximate surface area is 105 Å². The van der Waals surface area contributed by atoms with E-state index in [0.717, 1.165) is 0 Å². The van der Waals surface area contributed by atoms with Crippen molar-refractivity contribution in [3.05, 3.63) is 0 Å². The second-order valence-corrected chi connectivity index (χ2v) is 5.49. The number of aliphatic hydroxyl groups excluding tert-OH is 1. The van der Waals surface area contributed by atoms with Gasteiger partial charge in [0.2, 0.25) is 11.4 Å². The first-order chi connectivity index (χ1) is 8.44. The van der Waals surface area contributed by atoms with Gasteiger partial charge in [0.15, 0.2) is 12.1 Å². The Morgan fingerprint density at radius 1 is 1.44 bits per heavy atom. The Morgan fingerprint density at radius 2 is 2.17 bits per heavy atom. The first-order valence-electron chi connectivity index (χ1n) is 6.40. The molecule has 3 N–H and O–H groups in total. The molecule has 3 aliphatic rings. The molecule has 0 aromatic rings. The summed E-state index contributed by atoms with van der Waals surface area (Å²) in [4.78, 5) is 12.3.